The summed E-state index contributed by atoms with van der Waals surface area (Å²) >= 11 is 11.8. The molecule has 0 spiro atoms. The van der Waals surface area contributed by atoms with Crippen LogP contribution in [0.2, 0.25) is 0 Å². The highest BCUT2D eigenvalue weighted by molar-refractivity contribution is 6.64. The molecule has 0 saturated carbocycles. The van der Waals surface area contributed by atoms with E-state index >= 15 is 0 Å². The smallest absolute Gasteiger partial charge is 0.290 e. The molecule has 7 heteroatoms. The molecule has 0 heterocycles. The second-order valence-electron chi connectivity index (χ2n) is 5.37. The number of carbonyl (C=O) groups excluding carboxylic acids is 1. The largest absolute Gasteiger partial charge is 0.494 e. The molecule has 1 atom stereocenters. The maximum absolute atomic E-state index is 10.6. The van der Waals surface area contributed by atoms with Gasteiger partial charge in [0.1, 0.15) is 5.75 Å². The zero-order chi connectivity index (χ0) is 17.8. The third kappa shape index (κ3) is 6.92. The van der Waals surface area contributed by atoms with Gasteiger partial charge in [0.2, 0.25) is 0 Å². The van der Waals surface area contributed by atoms with Crippen molar-refractivity contribution in [1.29, 1.82) is 0 Å². The van der Waals surface area contributed by atoms with Crippen molar-refractivity contribution in [2.24, 2.45) is 0 Å². The van der Waals surface area contributed by atoms with Gasteiger partial charge in [-0.15, -0.1) is 23.2 Å². The monoisotopic (exact) mass is 371 g/mol. The number of nitrogens with zero attached hydrogens (tertiary/aromatic N) is 1. The summed E-state index contributed by atoms with van der Waals surface area (Å²) in [5.74, 6) is 1.98. The molecule has 1 N–H and O–H groups in total. The Bertz CT molecular complexity index is 486. The predicted octanol–water partition coefficient (Wildman–Crippen LogP) is 3.09. The van der Waals surface area contributed by atoms with E-state index in [0.29, 0.717) is 18.4 Å². The Morgan fingerprint density at radius 1 is 1.29 bits per heavy atom. The molecular weight excluding hydrogens is 346 g/mol. The first-order valence-electron chi connectivity index (χ1n) is 8.35. The number of halogens is 2. The van der Waals surface area contributed by atoms with E-state index < -0.39 is 0 Å². The summed E-state index contributed by atoms with van der Waals surface area (Å²) in [6, 6.07) is 6.36. The van der Waals surface area contributed by atoms with E-state index in [1.54, 1.807) is 0 Å². The average molecular weight is 372 g/mol. The molecule has 4 nitrogen and oxygen atoms in total. The van der Waals surface area contributed by atoms with E-state index in [-0.39, 0.29) is 6.04 Å². The lowest BCUT2D eigenvalue weighted by molar-refractivity contribution is 0.335. The van der Waals surface area contributed by atoms with Gasteiger partial charge in [-0.2, -0.15) is 0 Å². The molecule has 0 aliphatic rings. The van der Waals surface area contributed by atoms with Gasteiger partial charge in [0.05, 0.1) is 12.8 Å². The summed E-state index contributed by atoms with van der Waals surface area (Å²) < 4.78 is 5.76. The second kappa shape index (κ2) is 12.5. The third-order valence-electron chi connectivity index (χ3n) is 3.78. The molecule has 1 radical (unpaired) electrons. The average Bonchev–Trinajstić information content (AvgIpc) is 2.59. The van der Waals surface area contributed by atoms with Crippen LogP contribution in [0, 0.1) is 0 Å². The lowest BCUT2D eigenvalue weighted by Gasteiger charge is -2.25. The van der Waals surface area contributed by atoms with Crippen molar-refractivity contribution in [2.75, 3.05) is 36.4 Å². The second-order valence-corrected chi connectivity index (χ2v) is 6.12. The molecule has 24 heavy (non-hydrogen) atoms. The van der Waals surface area contributed by atoms with Crippen LogP contribution in [0.1, 0.15) is 25.8 Å². The van der Waals surface area contributed by atoms with E-state index in [1.165, 1.54) is 7.41 Å². The fraction of sp³-hybridized carbons (Fsp3) is 0.588. The van der Waals surface area contributed by atoms with Crippen molar-refractivity contribution < 1.29 is 9.53 Å². The van der Waals surface area contributed by atoms with E-state index in [2.05, 4.69) is 23.1 Å². The van der Waals surface area contributed by atoms with Crippen LogP contribution in [-0.4, -0.2) is 51.1 Å². The topological polar surface area (TPSA) is 41.6 Å². The number of rotatable bonds is 13. The van der Waals surface area contributed by atoms with Gasteiger partial charge < -0.3 is 19.7 Å². The molecule has 0 aromatic heterocycles. The van der Waals surface area contributed by atoms with Crippen molar-refractivity contribution in [2.45, 2.75) is 32.7 Å². The molecule has 0 aliphatic carbocycles. The maximum atomic E-state index is 10.6. The summed E-state index contributed by atoms with van der Waals surface area (Å²) in [6.45, 7) is 6.17. The first-order chi connectivity index (χ1) is 11.7. The number of anilines is 1. The van der Waals surface area contributed by atoms with E-state index in [0.717, 1.165) is 49.1 Å². The van der Waals surface area contributed by atoms with Gasteiger partial charge in [-0.05, 0) is 43.5 Å². The minimum atomic E-state index is 0.180. The molecule has 1 rings (SSSR count). The minimum Gasteiger partial charge on any atom is -0.494 e. The molecular formula is C17H26BCl2N2O2. The standard InChI is InChI=1S/C17H26BCl2N2O2/c1-3-15(21-18-13-23)11-14-12-16(5-6-17(14)24-4-2)22(9-7-19)10-8-20/h5-6,12-13,15,21H,3-4,7-11H2,1-2H3/t15-/m1/s1. The molecule has 1 aromatic rings. The van der Waals surface area contributed by atoms with Crippen LogP contribution in [-0.2, 0) is 11.2 Å². The van der Waals surface area contributed by atoms with Crippen LogP contribution < -0.4 is 14.9 Å². The quantitative estimate of drug-likeness (QED) is 0.328. The van der Waals surface area contributed by atoms with Crippen LogP contribution in [0.3, 0.4) is 0 Å². The summed E-state index contributed by atoms with van der Waals surface area (Å²) in [5, 5.41) is 3.13. The van der Waals surface area contributed by atoms with E-state index in [4.69, 9.17) is 27.9 Å². The van der Waals surface area contributed by atoms with Crippen molar-refractivity contribution >= 4 is 42.5 Å². The lowest BCUT2D eigenvalue weighted by Crippen LogP contribution is -2.34. The van der Waals surface area contributed by atoms with Gasteiger partial charge in [0.25, 0.3) is 7.41 Å². The molecule has 0 amide bonds. The molecule has 0 saturated heterocycles. The number of carbonyl (C=O) groups is 1. The number of ether oxygens (including phenoxy) is 1. The number of benzene rings is 1. The van der Waals surface area contributed by atoms with Gasteiger partial charge in [0.15, 0.2) is 0 Å². The molecule has 1 aromatic carbocycles. The molecule has 0 fully saturated rings. The molecule has 133 valence electrons. The molecule has 0 aliphatic heterocycles. The molecule has 0 bridgehead atoms. The van der Waals surface area contributed by atoms with Gasteiger partial charge in [-0.25, -0.2) is 0 Å². The Hall–Kier alpha value is -0.905. The Balaban J connectivity index is 3.03. The highest BCUT2D eigenvalue weighted by atomic mass is 35.5. The maximum Gasteiger partial charge on any atom is 0.290 e. The Morgan fingerprint density at radius 2 is 2.00 bits per heavy atom. The summed E-state index contributed by atoms with van der Waals surface area (Å²) in [5.41, 5.74) is 2.20. The minimum absolute atomic E-state index is 0.180. The first kappa shape index (κ1) is 21.1. The zero-order valence-corrected chi connectivity index (χ0v) is 15.9. The van der Waals surface area contributed by atoms with E-state index in [9.17, 15) is 4.79 Å². The van der Waals surface area contributed by atoms with Crippen LogP contribution in [0.5, 0.6) is 5.75 Å². The molecule has 0 unspecified atom stereocenters. The number of hydrogen-bond donors (Lipinski definition) is 1. The first-order valence-corrected chi connectivity index (χ1v) is 9.42. The fourth-order valence-corrected chi connectivity index (χ4v) is 2.96. The van der Waals surface area contributed by atoms with Gasteiger partial charge in [0, 0.05) is 36.6 Å². The van der Waals surface area contributed by atoms with Crippen LogP contribution >= 0.6 is 23.2 Å². The van der Waals surface area contributed by atoms with E-state index in [1.807, 2.05) is 19.1 Å². The van der Waals surface area contributed by atoms with Crippen molar-refractivity contribution in [3.05, 3.63) is 23.8 Å². The summed E-state index contributed by atoms with van der Waals surface area (Å²) in [7, 11) is 1.45. The van der Waals surface area contributed by atoms with Crippen molar-refractivity contribution in [1.82, 2.24) is 5.23 Å². The zero-order valence-electron chi connectivity index (χ0n) is 14.4. The number of alkyl halides is 2. The Kier molecular flexibility index (Phi) is 11.0. The SMILES string of the molecule is CCOc1ccc(N(CCCl)CCCl)cc1C[C@@H](CC)N[B]C=O. The Labute approximate surface area is 156 Å². The van der Waals surface area contributed by atoms with Crippen molar-refractivity contribution in [3.63, 3.8) is 0 Å². The summed E-state index contributed by atoms with van der Waals surface area (Å²) in [4.78, 5) is 12.7. The van der Waals surface area contributed by atoms with Gasteiger partial charge in [-0.3, -0.25) is 0 Å². The van der Waals surface area contributed by atoms with Crippen LogP contribution in [0.4, 0.5) is 5.69 Å². The fourth-order valence-electron chi connectivity index (χ4n) is 2.55. The van der Waals surface area contributed by atoms with Crippen LogP contribution in [0.15, 0.2) is 18.2 Å². The highest BCUT2D eigenvalue weighted by Gasteiger charge is 2.14. The Morgan fingerprint density at radius 3 is 2.54 bits per heavy atom. The van der Waals surface area contributed by atoms with Crippen LogP contribution in [0.25, 0.3) is 0 Å². The highest BCUT2D eigenvalue weighted by Crippen LogP contribution is 2.27. The van der Waals surface area contributed by atoms with Gasteiger partial charge >= 0.3 is 0 Å². The normalized spacial score (nSPS) is 11.8. The van der Waals surface area contributed by atoms with Gasteiger partial charge in [-0.1, -0.05) is 6.92 Å². The number of hydrogen-bond acceptors (Lipinski definition) is 4. The lowest BCUT2D eigenvalue weighted by atomic mass is 9.92. The summed E-state index contributed by atoms with van der Waals surface area (Å²) in [6.07, 6.45) is 2.46. The predicted molar refractivity (Wildman–Crippen MR) is 105 cm³/mol. The van der Waals surface area contributed by atoms with Crippen molar-refractivity contribution in [3.8, 4) is 5.75 Å². The number of nitrogens with one attached hydrogen (secondary N) is 1. The third-order valence-corrected chi connectivity index (χ3v) is 4.12.